The molecule has 5 N–H and O–H groups in total. The lowest BCUT2D eigenvalue weighted by Gasteiger charge is -2.44. The Balaban J connectivity index is 2.47. The molecule has 228 valence electrons. The number of esters is 1. The van der Waals surface area contributed by atoms with E-state index in [0.717, 1.165) is 0 Å². The Hall–Kier alpha value is -1.14. The normalized spacial score (nSPS) is 47.5. The highest BCUT2D eigenvalue weighted by molar-refractivity contribution is 6.00. The molecular formula is C29H54N2O8. The fourth-order valence-corrected chi connectivity index (χ4v) is 6.41. The lowest BCUT2D eigenvalue weighted by Crippen LogP contribution is -2.58. The zero-order valence-electron chi connectivity index (χ0n) is 25.5. The number of cyclic esters (lactones) is 1. The molecule has 2 fully saturated rings. The first-order valence-electron chi connectivity index (χ1n) is 14.5. The average Bonchev–Trinajstić information content (AvgIpc) is 2.87. The van der Waals surface area contributed by atoms with E-state index in [2.05, 4.69) is 0 Å². The minimum atomic E-state index is -1.76. The second-order valence-electron chi connectivity index (χ2n) is 12.7. The molecule has 2 rings (SSSR count). The molecule has 0 aromatic heterocycles. The van der Waals surface area contributed by atoms with Gasteiger partial charge in [0.15, 0.2) is 12.1 Å². The van der Waals surface area contributed by atoms with Crippen molar-refractivity contribution in [1.82, 2.24) is 4.90 Å². The van der Waals surface area contributed by atoms with E-state index in [9.17, 15) is 24.9 Å². The first-order chi connectivity index (χ1) is 17.9. The molecule has 14 atom stereocenters. The van der Waals surface area contributed by atoms with Crippen molar-refractivity contribution in [3.63, 3.8) is 0 Å². The summed E-state index contributed by atoms with van der Waals surface area (Å²) in [6.07, 6.45) is -3.57. The number of nitrogens with two attached hydrogens (primary N) is 1. The van der Waals surface area contributed by atoms with Gasteiger partial charge in [0.05, 0.1) is 18.3 Å². The molecule has 0 aromatic carbocycles. The second kappa shape index (κ2) is 13.7. The lowest BCUT2D eigenvalue weighted by atomic mass is 9.74. The Morgan fingerprint density at radius 2 is 1.64 bits per heavy atom. The number of ether oxygens (including phenoxy) is 3. The van der Waals surface area contributed by atoms with Crippen molar-refractivity contribution >= 4 is 11.8 Å². The molecule has 2 aliphatic rings. The van der Waals surface area contributed by atoms with Gasteiger partial charge in [0.25, 0.3) is 0 Å². The van der Waals surface area contributed by atoms with Crippen LogP contribution in [0.3, 0.4) is 0 Å². The fourth-order valence-electron chi connectivity index (χ4n) is 6.41. The Bertz CT molecular complexity index is 823. The topological polar surface area (TPSA) is 152 Å². The largest absolute Gasteiger partial charge is 0.459 e. The first-order valence-corrected chi connectivity index (χ1v) is 14.5. The van der Waals surface area contributed by atoms with Crippen LogP contribution in [-0.2, 0) is 23.8 Å². The van der Waals surface area contributed by atoms with Crippen LogP contribution >= 0.6 is 0 Å². The second-order valence-corrected chi connectivity index (χ2v) is 12.7. The van der Waals surface area contributed by atoms with Crippen LogP contribution in [-0.4, -0.2) is 101 Å². The van der Waals surface area contributed by atoms with E-state index in [-0.39, 0.29) is 36.2 Å². The van der Waals surface area contributed by atoms with Gasteiger partial charge in [-0.1, -0.05) is 34.6 Å². The van der Waals surface area contributed by atoms with E-state index >= 15 is 0 Å². The summed E-state index contributed by atoms with van der Waals surface area (Å²) in [4.78, 5) is 28.7. The van der Waals surface area contributed by atoms with Crippen LogP contribution in [0, 0.1) is 29.6 Å². The molecule has 0 radical (unpaired) electrons. The Morgan fingerprint density at radius 1 is 1.05 bits per heavy atom. The highest BCUT2D eigenvalue weighted by Gasteiger charge is 2.48. The molecule has 0 aromatic rings. The van der Waals surface area contributed by atoms with Crippen LogP contribution in [0.25, 0.3) is 0 Å². The predicted molar refractivity (Wildman–Crippen MR) is 148 cm³/mol. The van der Waals surface area contributed by atoms with E-state index in [1.54, 1.807) is 20.8 Å². The van der Waals surface area contributed by atoms with E-state index in [0.29, 0.717) is 12.8 Å². The van der Waals surface area contributed by atoms with Gasteiger partial charge in [0.2, 0.25) is 0 Å². The maximum Gasteiger partial charge on any atom is 0.316 e. The molecule has 0 aliphatic carbocycles. The summed E-state index contributed by atoms with van der Waals surface area (Å²) in [6, 6.07) is -0.675. The number of nitrogens with zero attached hydrogens (tertiary/aromatic N) is 1. The zero-order chi connectivity index (χ0) is 30.0. The number of hydrogen-bond acceptors (Lipinski definition) is 10. The van der Waals surface area contributed by atoms with Gasteiger partial charge in [0, 0.05) is 23.9 Å². The van der Waals surface area contributed by atoms with Gasteiger partial charge in [-0.3, -0.25) is 9.59 Å². The molecular weight excluding hydrogens is 504 g/mol. The number of hydrogen-bond donors (Lipinski definition) is 4. The van der Waals surface area contributed by atoms with Crippen molar-refractivity contribution in [2.45, 2.75) is 129 Å². The monoisotopic (exact) mass is 558 g/mol. The molecule has 2 heterocycles. The van der Waals surface area contributed by atoms with E-state index in [1.165, 1.54) is 13.8 Å². The summed E-state index contributed by atoms with van der Waals surface area (Å²) >= 11 is 0. The number of carbonyl (C=O) groups excluding carboxylic acids is 2. The van der Waals surface area contributed by atoms with Crippen LogP contribution < -0.4 is 5.73 Å². The van der Waals surface area contributed by atoms with Crippen LogP contribution in [0.15, 0.2) is 0 Å². The van der Waals surface area contributed by atoms with Gasteiger partial charge in [-0.2, -0.15) is 0 Å². The zero-order valence-corrected chi connectivity index (χ0v) is 25.5. The highest BCUT2D eigenvalue weighted by atomic mass is 16.7. The van der Waals surface area contributed by atoms with Gasteiger partial charge < -0.3 is 40.2 Å². The van der Waals surface area contributed by atoms with E-state index in [4.69, 9.17) is 19.9 Å². The molecule has 2 aliphatic heterocycles. The molecule has 0 unspecified atom stereocenters. The number of rotatable bonds is 4. The quantitative estimate of drug-likeness (QED) is 0.296. The third kappa shape index (κ3) is 7.58. The number of likely N-dealkylation sites (N-methyl/N-ethyl adjacent to an activating group) is 1. The summed E-state index contributed by atoms with van der Waals surface area (Å²) in [7, 11) is 3.79. The molecule has 0 amide bonds. The van der Waals surface area contributed by atoms with Crippen molar-refractivity contribution in [2.24, 2.45) is 35.3 Å². The third-order valence-corrected chi connectivity index (χ3v) is 9.24. The maximum absolute atomic E-state index is 13.6. The maximum atomic E-state index is 13.6. The van der Waals surface area contributed by atoms with Crippen LogP contribution in [0.1, 0.15) is 74.7 Å². The van der Waals surface area contributed by atoms with Gasteiger partial charge >= 0.3 is 5.97 Å². The number of aliphatic hydroxyl groups is 3. The lowest BCUT2D eigenvalue weighted by molar-refractivity contribution is -0.278. The van der Waals surface area contributed by atoms with E-state index in [1.807, 2.05) is 39.8 Å². The number of ketones is 1. The molecule has 10 heteroatoms. The third-order valence-electron chi connectivity index (χ3n) is 9.24. The number of aliphatic hydroxyl groups excluding tert-OH is 2. The van der Waals surface area contributed by atoms with Crippen molar-refractivity contribution < 1.29 is 39.1 Å². The highest BCUT2D eigenvalue weighted by Crippen LogP contribution is 2.35. The number of carbonyl (C=O) groups is 2. The fraction of sp³-hybridized carbons (Fsp3) is 0.931. The van der Waals surface area contributed by atoms with Gasteiger partial charge in [-0.25, -0.2) is 0 Å². The standard InChI is InChI=1S/C29H54N2O8/c1-11-21-29(8,36)26(34)17(5)22(30)14(2)12-15(3)25(18(6)23(32)19(7)27(35)38-21)39-28-24(33)20(31(9)10)13-16(4)37-28/h14-22,24-26,28,33-34,36H,11-13,30H2,1-10H3/t14-,15+,16-,17+,18+,19-,20+,21-,22+,24-,25+,26-,28+,29-/m1/s1. The van der Waals surface area contributed by atoms with E-state index < -0.39 is 66.1 Å². The Kier molecular flexibility index (Phi) is 11.9. The average molecular weight is 559 g/mol. The Labute approximate surface area is 234 Å². The minimum absolute atomic E-state index is 0.109. The van der Waals surface area contributed by atoms with Crippen molar-refractivity contribution in [2.75, 3.05) is 14.1 Å². The molecule has 39 heavy (non-hydrogen) atoms. The molecule has 10 nitrogen and oxygen atoms in total. The summed E-state index contributed by atoms with van der Waals surface area (Å²) < 4.78 is 18.1. The first kappa shape index (κ1) is 34.1. The summed E-state index contributed by atoms with van der Waals surface area (Å²) in [6.45, 7) is 14.0. The predicted octanol–water partition coefficient (Wildman–Crippen LogP) is 1.71. The van der Waals surface area contributed by atoms with Crippen molar-refractivity contribution in [3.05, 3.63) is 0 Å². The summed E-state index contributed by atoms with van der Waals surface area (Å²) in [5.41, 5.74) is 4.85. The van der Waals surface area contributed by atoms with Crippen molar-refractivity contribution in [3.8, 4) is 0 Å². The smallest absolute Gasteiger partial charge is 0.316 e. The van der Waals surface area contributed by atoms with Gasteiger partial charge in [-0.15, -0.1) is 0 Å². The summed E-state index contributed by atoms with van der Waals surface area (Å²) in [5.74, 6) is -3.81. The van der Waals surface area contributed by atoms with Crippen molar-refractivity contribution in [1.29, 1.82) is 0 Å². The van der Waals surface area contributed by atoms with Gasteiger partial charge in [-0.05, 0) is 66.0 Å². The van der Waals surface area contributed by atoms with Gasteiger partial charge in [0.1, 0.15) is 23.7 Å². The number of Topliss-reactive ketones (excluding diaryl/α,β-unsaturated/α-hetero) is 1. The molecule has 0 saturated carbocycles. The SMILES string of the molecule is CC[C@H]1OC(=O)[C@H](C)C(=O)[C@H](C)[C@@H](O[C@@H]2O[C@H](C)C[C@H](N(C)C)[C@H]2O)[C@@H](C)C[C@@H](C)[C@H](N)[C@H](C)[C@@H](O)[C@]1(C)O. The van der Waals surface area contributed by atoms with Crippen LogP contribution in [0.5, 0.6) is 0 Å². The Morgan fingerprint density at radius 3 is 2.18 bits per heavy atom. The van der Waals surface area contributed by atoms with Crippen LogP contribution in [0.2, 0.25) is 0 Å². The molecule has 0 spiro atoms. The van der Waals surface area contributed by atoms with Crippen LogP contribution in [0.4, 0.5) is 0 Å². The minimum Gasteiger partial charge on any atom is -0.459 e. The molecule has 0 bridgehead atoms. The molecule has 2 saturated heterocycles. The summed E-state index contributed by atoms with van der Waals surface area (Å²) in [5, 5.41) is 33.5.